The fourth-order valence-corrected chi connectivity index (χ4v) is 3.51. The molecule has 0 spiro atoms. The van der Waals surface area contributed by atoms with Crippen LogP contribution in [-0.4, -0.2) is 30.3 Å². The molecule has 2 heteroatoms. The number of hydrogen-bond donors (Lipinski definition) is 0. The minimum atomic E-state index is 0.251. The van der Waals surface area contributed by atoms with E-state index < -0.39 is 0 Å². The maximum absolute atomic E-state index is 11.5. The van der Waals surface area contributed by atoms with Crippen molar-refractivity contribution >= 4 is 11.9 Å². The number of allylic oxidation sites excluding steroid dienone is 2. The van der Waals surface area contributed by atoms with E-state index in [1.165, 1.54) is 17.5 Å². The van der Waals surface area contributed by atoms with Gasteiger partial charge in [-0.1, -0.05) is 42.0 Å². The Morgan fingerprint density at radius 2 is 2.24 bits per heavy atom. The summed E-state index contributed by atoms with van der Waals surface area (Å²) >= 11 is 0. The number of piperidine rings is 1. The first kappa shape index (κ1) is 14.3. The van der Waals surface area contributed by atoms with Crippen molar-refractivity contribution in [1.82, 2.24) is 4.90 Å². The number of benzene rings is 1. The van der Waals surface area contributed by atoms with Crippen molar-refractivity contribution in [2.75, 3.05) is 19.6 Å². The summed E-state index contributed by atoms with van der Waals surface area (Å²) in [6.07, 6.45) is 8.70. The van der Waals surface area contributed by atoms with Crippen LogP contribution in [0.15, 0.2) is 42.0 Å². The molecule has 2 aliphatic rings. The summed E-state index contributed by atoms with van der Waals surface area (Å²) in [5.74, 6) is 0.836. The molecular formula is C19H23NO. The second-order valence-corrected chi connectivity index (χ2v) is 6.02. The number of rotatable bonds is 5. The molecule has 0 saturated carbocycles. The van der Waals surface area contributed by atoms with E-state index in [4.69, 9.17) is 0 Å². The lowest BCUT2D eigenvalue weighted by Crippen LogP contribution is -2.35. The number of carbonyl (C=O) groups is 1. The van der Waals surface area contributed by atoms with Crippen LogP contribution in [-0.2, 0) is 4.79 Å². The first-order valence-electron chi connectivity index (χ1n) is 7.95. The van der Waals surface area contributed by atoms with Crippen molar-refractivity contribution in [2.45, 2.75) is 32.1 Å². The minimum absolute atomic E-state index is 0.251. The molecule has 1 aliphatic heterocycles. The zero-order valence-electron chi connectivity index (χ0n) is 12.7. The third kappa shape index (κ3) is 3.16. The third-order valence-electron chi connectivity index (χ3n) is 4.57. The van der Waals surface area contributed by atoms with Gasteiger partial charge in [0.1, 0.15) is 0 Å². The molecule has 1 aromatic carbocycles. The molecule has 1 unspecified atom stereocenters. The molecule has 0 amide bonds. The average molecular weight is 281 g/mol. The normalized spacial score (nSPS) is 21.2. The molecule has 0 N–H and O–H groups in total. The molecule has 1 aliphatic carbocycles. The molecule has 110 valence electrons. The Balaban J connectivity index is 1.56. The summed E-state index contributed by atoms with van der Waals surface area (Å²) in [6.45, 7) is 5.18. The van der Waals surface area contributed by atoms with Crippen molar-refractivity contribution in [3.63, 3.8) is 0 Å². The van der Waals surface area contributed by atoms with Crippen LogP contribution in [0.1, 0.15) is 43.2 Å². The predicted molar refractivity (Wildman–Crippen MR) is 87.3 cm³/mol. The van der Waals surface area contributed by atoms with E-state index in [0.29, 0.717) is 12.3 Å². The average Bonchev–Trinajstić information content (AvgIpc) is 2.86. The van der Waals surface area contributed by atoms with Gasteiger partial charge in [0.2, 0.25) is 0 Å². The monoisotopic (exact) mass is 281 g/mol. The highest BCUT2D eigenvalue weighted by molar-refractivity contribution is 5.89. The topological polar surface area (TPSA) is 20.3 Å². The van der Waals surface area contributed by atoms with Crippen molar-refractivity contribution < 1.29 is 4.79 Å². The number of likely N-dealkylation sites (tertiary alicyclic amines) is 1. The van der Waals surface area contributed by atoms with E-state index in [1.54, 1.807) is 11.6 Å². The van der Waals surface area contributed by atoms with Gasteiger partial charge < -0.3 is 4.90 Å². The van der Waals surface area contributed by atoms with Gasteiger partial charge in [-0.2, -0.15) is 0 Å². The van der Waals surface area contributed by atoms with Crippen molar-refractivity contribution in [3.05, 3.63) is 53.1 Å². The zero-order valence-corrected chi connectivity index (χ0v) is 12.7. The van der Waals surface area contributed by atoms with Crippen LogP contribution in [0, 0.1) is 0 Å². The summed E-state index contributed by atoms with van der Waals surface area (Å²) < 4.78 is 0. The van der Waals surface area contributed by atoms with Gasteiger partial charge in [-0.25, -0.2) is 0 Å². The van der Waals surface area contributed by atoms with Gasteiger partial charge in [-0.15, -0.1) is 0 Å². The standard InChI is InChI=1S/C19H23NO/c1-2-6-17(21)8-5-11-20-12-10-16-13-15-7-3-4-9-18(15)19(16)14-20/h2-4,6-7,9,13,19H,5,8,10-12,14H2,1H3/b6-2+. The van der Waals surface area contributed by atoms with Gasteiger partial charge in [0.15, 0.2) is 5.78 Å². The highest BCUT2D eigenvalue weighted by Gasteiger charge is 2.30. The lowest BCUT2D eigenvalue weighted by molar-refractivity contribution is -0.114. The smallest absolute Gasteiger partial charge is 0.155 e. The molecule has 3 rings (SSSR count). The van der Waals surface area contributed by atoms with Crippen LogP contribution in [0.25, 0.3) is 6.08 Å². The summed E-state index contributed by atoms with van der Waals surface area (Å²) in [7, 11) is 0. The summed E-state index contributed by atoms with van der Waals surface area (Å²) in [4.78, 5) is 14.0. The van der Waals surface area contributed by atoms with Gasteiger partial charge >= 0.3 is 0 Å². The van der Waals surface area contributed by atoms with Crippen molar-refractivity contribution in [2.24, 2.45) is 0 Å². The van der Waals surface area contributed by atoms with E-state index in [2.05, 4.69) is 35.2 Å². The Morgan fingerprint density at radius 1 is 1.38 bits per heavy atom. The Bertz CT molecular complexity index is 585. The summed E-state index contributed by atoms with van der Waals surface area (Å²) in [6, 6.07) is 8.76. The maximum Gasteiger partial charge on any atom is 0.155 e. The zero-order chi connectivity index (χ0) is 14.7. The molecule has 1 atom stereocenters. The Morgan fingerprint density at radius 3 is 3.10 bits per heavy atom. The molecule has 2 nitrogen and oxygen atoms in total. The Hall–Kier alpha value is -1.67. The molecule has 0 bridgehead atoms. The van der Waals surface area contributed by atoms with Crippen molar-refractivity contribution in [1.29, 1.82) is 0 Å². The third-order valence-corrected chi connectivity index (χ3v) is 4.57. The van der Waals surface area contributed by atoms with Gasteiger partial charge in [0, 0.05) is 25.4 Å². The number of ketones is 1. The molecular weight excluding hydrogens is 258 g/mol. The Labute approximate surface area is 127 Å². The van der Waals surface area contributed by atoms with E-state index in [1.807, 2.05) is 13.0 Å². The number of fused-ring (bicyclic) bond motifs is 3. The lowest BCUT2D eigenvalue weighted by atomic mass is 9.90. The highest BCUT2D eigenvalue weighted by Crippen LogP contribution is 2.40. The van der Waals surface area contributed by atoms with E-state index >= 15 is 0 Å². The summed E-state index contributed by atoms with van der Waals surface area (Å²) in [5, 5.41) is 0. The fourth-order valence-electron chi connectivity index (χ4n) is 3.51. The van der Waals surface area contributed by atoms with E-state index in [-0.39, 0.29) is 5.78 Å². The molecule has 1 saturated heterocycles. The first-order chi connectivity index (χ1) is 10.3. The quantitative estimate of drug-likeness (QED) is 0.765. The largest absolute Gasteiger partial charge is 0.302 e. The van der Waals surface area contributed by atoms with Gasteiger partial charge in [-0.05, 0) is 43.5 Å². The molecule has 1 fully saturated rings. The van der Waals surface area contributed by atoms with Crippen LogP contribution in [0.4, 0.5) is 0 Å². The Kier molecular flexibility index (Phi) is 4.35. The van der Waals surface area contributed by atoms with Crippen LogP contribution in [0.2, 0.25) is 0 Å². The molecule has 1 heterocycles. The number of nitrogens with zero attached hydrogens (tertiary/aromatic N) is 1. The van der Waals surface area contributed by atoms with Crippen molar-refractivity contribution in [3.8, 4) is 0 Å². The number of carbonyl (C=O) groups excluding carboxylic acids is 1. The van der Waals surface area contributed by atoms with Crippen LogP contribution >= 0.6 is 0 Å². The second kappa shape index (κ2) is 6.40. The number of hydrogen-bond acceptors (Lipinski definition) is 2. The molecule has 1 aromatic rings. The van der Waals surface area contributed by atoms with Crippen LogP contribution in [0.3, 0.4) is 0 Å². The van der Waals surface area contributed by atoms with Crippen LogP contribution in [0.5, 0.6) is 0 Å². The first-order valence-corrected chi connectivity index (χ1v) is 7.95. The van der Waals surface area contributed by atoms with Gasteiger partial charge in [-0.3, -0.25) is 4.79 Å². The molecule has 21 heavy (non-hydrogen) atoms. The van der Waals surface area contributed by atoms with Gasteiger partial charge in [0.05, 0.1) is 0 Å². The highest BCUT2D eigenvalue weighted by atomic mass is 16.1. The summed E-state index contributed by atoms with van der Waals surface area (Å²) in [5.41, 5.74) is 4.49. The lowest BCUT2D eigenvalue weighted by Gasteiger charge is -2.33. The van der Waals surface area contributed by atoms with E-state index in [9.17, 15) is 4.79 Å². The minimum Gasteiger partial charge on any atom is -0.302 e. The fraction of sp³-hybridized carbons (Fsp3) is 0.421. The van der Waals surface area contributed by atoms with Crippen LogP contribution < -0.4 is 0 Å². The SMILES string of the molecule is C/C=C/C(=O)CCCN1CCC2=Cc3ccccc3C2C1. The van der Waals surface area contributed by atoms with Gasteiger partial charge in [0.25, 0.3) is 0 Å². The predicted octanol–water partition coefficient (Wildman–Crippen LogP) is 3.80. The molecule has 0 radical (unpaired) electrons. The van der Waals surface area contributed by atoms with E-state index in [0.717, 1.165) is 26.1 Å². The maximum atomic E-state index is 11.5. The molecule has 0 aromatic heterocycles. The second-order valence-electron chi connectivity index (χ2n) is 6.02.